The molecule has 3 aliphatic heterocycles. The summed E-state index contributed by atoms with van der Waals surface area (Å²) in [7, 11) is 0. The van der Waals surface area contributed by atoms with E-state index in [1.807, 2.05) is 12.1 Å². The standard InChI is InChI=1S/C22H29ClN4O3/c1-2-24-7-10-26(11-8-24)20-19(17-3-5-18(23)6-4-17)21(28)27(22(20)29)12-9-25-13-15-30-16-14-25/h3-6H,2,7-16H2,1H3. The van der Waals surface area contributed by atoms with E-state index < -0.39 is 0 Å². The Bertz CT molecular complexity index is 812. The van der Waals surface area contributed by atoms with Crippen LogP contribution in [0.3, 0.4) is 0 Å². The molecule has 0 atom stereocenters. The number of amides is 2. The molecule has 162 valence electrons. The SMILES string of the molecule is CCN1CCN(C2=C(c3ccc(Cl)cc3)C(=O)N(CCN3CCOCC3)C2=O)CC1. The van der Waals surface area contributed by atoms with Crippen LogP contribution in [0.15, 0.2) is 30.0 Å². The van der Waals surface area contributed by atoms with Crippen molar-refractivity contribution < 1.29 is 14.3 Å². The molecule has 1 aromatic rings. The van der Waals surface area contributed by atoms with Crippen LogP contribution in [-0.4, -0.2) is 104 Å². The van der Waals surface area contributed by atoms with Crippen LogP contribution in [0.2, 0.25) is 5.02 Å². The monoisotopic (exact) mass is 432 g/mol. The first-order chi connectivity index (χ1) is 14.6. The van der Waals surface area contributed by atoms with Crippen LogP contribution in [0.25, 0.3) is 5.57 Å². The Morgan fingerprint density at radius 2 is 1.53 bits per heavy atom. The van der Waals surface area contributed by atoms with E-state index in [2.05, 4.69) is 21.6 Å². The number of imide groups is 1. The minimum atomic E-state index is -0.205. The number of nitrogens with zero attached hydrogens (tertiary/aromatic N) is 4. The van der Waals surface area contributed by atoms with Crippen LogP contribution in [0.4, 0.5) is 0 Å². The van der Waals surface area contributed by atoms with Crippen molar-refractivity contribution in [1.82, 2.24) is 19.6 Å². The number of benzene rings is 1. The third kappa shape index (κ3) is 4.39. The van der Waals surface area contributed by atoms with Crippen molar-refractivity contribution in [2.45, 2.75) is 6.92 Å². The fourth-order valence-corrected chi connectivity index (χ4v) is 4.42. The summed E-state index contributed by atoms with van der Waals surface area (Å²) in [5.74, 6) is -0.383. The summed E-state index contributed by atoms with van der Waals surface area (Å²) in [4.78, 5) is 34.9. The van der Waals surface area contributed by atoms with E-state index in [1.165, 1.54) is 4.90 Å². The van der Waals surface area contributed by atoms with Gasteiger partial charge in [-0.15, -0.1) is 0 Å². The number of hydrogen-bond donors (Lipinski definition) is 0. The summed E-state index contributed by atoms with van der Waals surface area (Å²) in [6, 6.07) is 7.20. The smallest absolute Gasteiger partial charge is 0.277 e. The van der Waals surface area contributed by atoms with Gasteiger partial charge in [0.25, 0.3) is 11.8 Å². The molecular weight excluding hydrogens is 404 g/mol. The summed E-state index contributed by atoms with van der Waals surface area (Å²) < 4.78 is 5.39. The predicted molar refractivity (Wildman–Crippen MR) is 116 cm³/mol. The van der Waals surface area contributed by atoms with Gasteiger partial charge in [-0.3, -0.25) is 19.4 Å². The molecule has 0 spiro atoms. The number of morpholine rings is 1. The number of carbonyl (C=O) groups excluding carboxylic acids is 2. The van der Waals surface area contributed by atoms with Crippen molar-refractivity contribution in [3.8, 4) is 0 Å². The van der Waals surface area contributed by atoms with Crippen molar-refractivity contribution in [3.05, 3.63) is 40.5 Å². The molecule has 4 rings (SSSR count). The highest BCUT2D eigenvalue weighted by atomic mass is 35.5. The maximum absolute atomic E-state index is 13.4. The Morgan fingerprint density at radius 3 is 2.17 bits per heavy atom. The lowest BCUT2D eigenvalue weighted by atomic mass is 10.0. The Balaban J connectivity index is 1.58. The Kier molecular flexibility index (Phi) is 6.73. The fourth-order valence-electron chi connectivity index (χ4n) is 4.29. The Hall–Kier alpha value is -1.93. The second-order valence-corrected chi connectivity index (χ2v) is 8.30. The summed E-state index contributed by atoms with van der Waals surface area (Å²) in [5.41, 5.74) is 1.79. The molecule has 1 aromatic carbocycles. The van der Waals surface area contributed by atoms with Crippen molar-refractivity contribution in [2.24, 2.45) is 0 Å². The van der Waals surface area contributed by atoms with Crippen molar-refractivity contribution in [1.29, 1.82) is 0 Å². The van der Waals surface area contributed by atoms with E-state index in [9.17, 15) is 9.59 Å². The molecule has 0 unspecified atom stereocenters. The number of rotatable bonds is 6. The van der Waals surface area contributed by atoms with E-state index in [0.717, 1.165) is 51.4 Å². The summed E-state index contributed by atoms with van der Waals surface area (Å²) >= 11 is 6.05. The lowest BCUT2D eigenvalue weighted by Gasteiger charge is -2.36. The molecule has 0 aromatic heterocycles. The molecule has 30 heavy (non-hydrogen) atoms. The third-order valence-electron chi connectivity index (χ3n) is 6.16. The lowest BCUT2D eigenvalue weighted by molar-refractivity contribution is -0.138. The van der Waals surface area contributed by atoms with Gasteiger partial charge in [-0.05, 0) is 24.2 Å². The van der Waals surface area contributed by atoms with Crippen molar-refractivity contribution in [3.63, 3.8) is 0 Å². The normalized spacial score (nSPS) is 21.8. The number of carbonyl (C=O) groups is 2. The molecule has 0 radical (unpaired) electrons. The summed E-state index contributed by atoms with van der Waals surface area (Å²) in [5, 5.41) is 0.610. The van der Waals surface area contributed by atoms with Crippen LogP contribution in [0.1, 0.15) is 12.5 Å². The van der Waals surface area contributed by atoms with Crippen LogP contribution in [-0.2, 0) is 14.3 Å². The first kappa shape index (κ1) is 21.3. The molecule has 8 heteroatoms. The number of likely N-dealkylation sites (N-methyl/N-ethyl adjacent to an activating group) is 1. The second kappa shape index (κ2) is 9.47. The van der Waals surface area contributed by atoms with Crippen LogP contribution in [0.5, 0.6) is 0 Å². The molecule has 2 saturated heterocycles. The van der Waals surface area contributed by atoms with Gasteiger partial charge in [0.15, 0.2) is 0 Å². The van der Waals surface area contributed by atoms with Gasteiger partial charge in [0, 0.05) is 57.4 Å². The second-order valence-electron chi connectivity index (χ2n) is 7.87. The van der Waals surface area contributed by atoms with Gasteiger partial charge in [-0.2, -0.15) is 0 Å². The minimum Gasteiger partial charge on any atom is -0.379 e. The first-order valence-electron chi connectivity index (χ1n) is 10.7. The first-order valence-corrected chi connectivity index (χ1v) is 11.1. The zero-order valence-electron chi connectivity index (χ0n) is 17.5. The molecule has 0 N–H and O–H groups in total. The number of halogens is 1. The number of piperazine rings is 1. The topological polar surface area (TPSA) is 56.3 Å². The summed E-state index contributed by atoms with van der Waals surface area (Å²) in [6.07, 6.45) is 0. The van der Waals surface area contributed by atoms with Crippen LogP contribution in [0, 0.1) is 0 Å². The van der Waals surface area contributed by atoms with Gasteiger partial charge in [-0.25, -0.2) is 0 Å². The van der Waals surface area contributed by atoms with Crippen molar-refractivity contribution in [2.75, 3.05) is 72.1 Å². The van der Waals surface area contributed by atoms with Gasteiger partial charge in [0.1, 0.15) is 5.70 Å². The van der Waals surface area contributed by atoms with Gasteiger partial charge in [0.05, 0.1) is 18.8 Å². The molecule has 2 amide bonds. The molecule has 0 aliphatic carbocycles. The zero-order valence-corrected chi connectivity index (χ0v) is 18.2. The van der Waals surface area contributed by atoms with Gasteiger partial charge in [0.2, 0.25) is 0 Å². The average molecular weight is 433 g/mol. The van der Waals surface area contributed by atoms with Gasteiger partial charge in [-0.1, -0.05) is 30.7 Å². The largest absolute Gasteiger partial charge is 0.379 e. The highest BCUT2D eigenvalue weighted by Gasteiger charge is 2.42. The number of ether oxygens (including phenoxy) is 1. The Labute approximate surface area is 182 Å². The predicted octanol–water partition coefficient (Wildman–Crippen LogP) is 1.39. The third-order valence-corrected chi connectivity index (χ3v) is 6.41. The van der Waals surface area contributed by atoms with E-state index in [4.69, 9.17) is 16.3 Å². The van der Waals surface area contributed by atoms with E-state index in [0.29, 0.717) is 42.6 Å². The molecule has 0 bridgehead atoms. The molecular formula is C22H29ClN4O3. The maximum Gasteiger partial charge on any atom is 0.277 e. The Morgan fingerprint density at radius 1 is 0.867 bits per heavy atom. The zero-order chi connectivity index (χ0) is 21.1. The molecule has 3 aliphatic rings. The minimum absolute atomic E-state index is 0.178. The highest BCUT2D eigenvalue weighted by Crippen LogP contribution is 2.32. The van der Waals surface area contributed by atoms with E-state index >= 15 is 0 Å². The van der Waals surface area contributed by atoms with Crippen molar-refractivity contribution >= 4 is 29.0 Å². The van der Waals surface area contributed by atoms with E-state index in [-0.39, 0.29) is 11.8 Å². The van der Waals surface area contributed by atoms with E-state index in [1.54, 1.807) is 12.1 Å². The molecule has 3 heterocycles. The van der Waals surface area contributed by atoms with Crippen LogP contribution >= 0.6 is 11.6 Å². The maximum atomic E-state index is 13.4. The van der Waals surface area contributed by atoms with Crippen LogP contribution < -0.4 is 0 Å². The van der Waals surface area contributed by atoms with Gasteiger partial charge >= 0.3 is 0 Å². The highest BCUT2D eigenvalue weighted by molar-refractivity contribution is 6.36. The van der Waals surface area contributed by atoms with Gasteiger partial charge < -0.3 is 14.5 Å². The summed E-state index contributed by atoms with van der Waals surface area (Å²) in [6.45, 7) is 10.5. The fraction of sp³-hybridized carbons (Fsp3) is 0.545. The molecule has 2 fully saturated rings. The number of hydrogen-bond acceptors (Lipinski definition) is 6. The quantitative estimate of drug-likeness (QED) is 0.633. The lowest BCUT2D eigenvalue weighted by Crippen LogP contribution is -2.48. The average Bonchev–Trinajstić information content (AvgIpc) is 3.03. The molecule has 0 saturated carbocycles. The molecule has 7 nitrogen and oxygen atoms in total.